The molecule has 1 saturated heterocycles. The lowest BCUT2D eigenvalue weighted by Gasteiger charge is -2.33. The van der Waals surface area contributed by atoms with Gasteiger partial charge in [-0.15, -0.1) is 0 Å². The van der Waals surface area contributed by atoms with Crippen LogP contribution in [0.15, 0.2) is 18.3 Å². The molecule has 2 rings (SSSR count). The van der Waals surface area contributed by atoms with Crippen molar-refractivity contribution < 1.29 is 23.8 Å². The average Bonchev–Trinajstić information content (AvgIpc) is 2.61. The Kier molecular flexibility index (Phi) is 6.83. The van der Waals surface area contributed by atoms with Crippen LogP contribution in [0.25, 0.3) is 0 Å². The van der Waals surface area contributed by atoms with Crippen molar-refractivity contribution >= 4 is 12.1 Å². The maximum absolute atomic E-state index is 12.1. The fraction of sp³-hybridized carbons (Fsp3) is 0.632. The normalized spacial score (nSPS) is 15.5. The number of hydrogen-bond acceptors (Lipinski definition) is 6. The van der Waals surface area contributed by atoms with Gasteiger partial charge in [0, 0.05) is 25.4 Å². The van der Waals surface area contributed by atoms with Crippen molar-refractivity contribution in [2.75, 3.05) is 26.8 Å². The SMILES string of the molecule is COC(=O)c1ccc(OCCC2CCN(C(=O)OC(C)(C)C)CC2)nc1. The Bertz CT molecular complexity index is 601. The quantitative estimate of drug-likeness (QED) is 0.746. The van der Waals surface area contributed by atoms with Crippen LogP contribution in [0.2, 0.25) is 0 Å². The van der Waals surface area contributed by atoms with Gasteiger partial charge >= 0.3 is 12.1 Å². The van der Waals surface area contributed by atoms with Crippen LogP contribution in [0.4, 0.5) is 4.79 Å². The Morgan fingerprint density at radius 3 is 2.46 bits per heavy atom. The van der Waals surface area contributed by atoms with E-state index in [0.717, 1.165) is 19.3 Å². The van der Waals surface area contributed by atoms with Gasteiger partial charge in [0.1, 0.15) is 5.60 Å². The number of carbonyl (C=O) groups is 2. The highest BCUT2D eigenvalue weighted by atomic mass is 16.6. The van der Waals surface area contributed by atoms with E-state index in [0.29, 0.717) is 37.1 Å². The minimum atomic E-state index is -0.460. The molecule has 144 valence electrons. The maximum atomic E-state index is 12.1. The van der Waals surface area contributed by atoms with Crippen molar-refractivity contribution in [2.24, 2.45) is 5.92 Å². The largest absolute Gasteiger partial charge is 0.478 e. The second-order valence-electron chi connectivity index (χ2n) is 7.42. The number of carbonyl (C=O) groups excluding carboxylic acids is 2. The number of methoxy groups -OCH3 is 1. The van der Waals surface area contributed by atoms with Crippen LogP contribution in [-0.4, -0.2) is 54.4 Å². The summed E-state index contributed by atoms with van der Waals surface area (Å²) in [5, 5.41) is 0. The molecule has 0 aliphatic carbocycles. The van der Waals surface area contributed by atoms with Crippen LogP contribution in [-0.2, 0) is 9.47 Å². The standard InChI is InChI=1S/C19H28N2O5/c1-19(2,3)26-18(23)21-10-7-14(8-11-21)9-12-25-16-6-5-15(13-20-16)17(22)24-4/h5-6,13-14H,7-12H2,1-4H3. The molecule has 26 heavy (non-hydrogen) atoms. The molecule has 0 unspecified atom stereocenters. The van der Waals surface area contributed by atoms with Gasteiger partial charge < -0.3 is 19.1 Å². The van der Waals surface area contributed by atoms with Crippen molar-refractivity contribution in [3.8, 4) is 5.88 Å². The number of nitrogens with zero attached hydrogens (tertiary/aromatic N) is 2. The fourth-order valence-electron chi connectivity index (χ4n) is 2.77. The Labute approximate surface area is 154 Å². The molecule has 0 N–H and O–H groups in total. The molecule has 1 aromatic heterocycles. The molecule has 0 atom stereocenters. The minimum Gasteiger partial charge on any atom is -0.478 e. The summed E-state index contributed by atoms with van der Waals surface area (Å²) in [6.45, 7) is 7.61. The molecule has 1 fully saturated rings. The highest BCUT2D eigenvalue weighted by molar-refractivity contribution is 5.88. The highest BCUT2D eigenvalue weighted by Crippen LogP contribution is 2.22. The van der Waals surface area contributed by atoms with Crippen LogP contribution in [0.1, 0.15) is 50.4 Å². The van der Waals surface area contributed by atoms with Gasteiger partial charge in [0.15, 0.2) is 0 Å². The molecule has 7 heteroatoms. The first-order chi connectivity index (χ1) is 12.3. The lowest BCUT2D eigenvalue weighted by atomic mass is 9.94. The fourth-order valence-corrected chi connectivity index (χ4v) is 2.77. The highest BCUT2D eigenvalue weighted by Gasteiger charge is 2.26. The first-order valence-electron chi connectivity index (χ1n) is 8.93. The summed E-state index contributed by atoms with van der Waals surface area (Å²) in [7, 11) is 1.33. The number of esters is 1. The molecule has 1 aromatic rings. The number of likely N-dealkylation sites (tertiary alicyclic amines) is 1. The van der Waals surface area contributed by atoms with Crippen molar-refractivity contribution in [3.63, 3.8) is 0 Å². The first-order valence-corrected chi connectivity index (χ1v) is 8.93. The Morgan fingerprint density at radius 1 is 1.23 bits per heavy atom. The average molecular weight is 364 g/mol. The molecule has 0 saturated carbocycles. The zero-order valence-corrected chi connectivity index (χ0v) is 16.0. The van der Waals surface area contributed by atoms with Gasteiger partial charge in [-0.2, -0.15) is 0 Å². The summed E-state index contributed by atoms with van der Waals surface area (Å²) >= 11 is 0. The van der Waals surface area contributed by atoms with E-state index in [4.69, 9.17) is 9.47 Å². The topological polar surface area (TPSA) is 78.0 Å². The third-order valence-corrected chi connectivity index (χ3v) is 4.20. The summed E-state index contributed by atoms with van der Waals surface area (Å²) in [6.07, 6.45) is 4.00. The van der Waals surface area contributed by atoms with Gasteiger partial charge in [0.25, 0.3) is 0 Å². The third-order valence-electron chi connectivity index (χ3n) is 4.20. The van der Waals surface area contributed by atoms with Gasteiger partial charge in [-0.25, -0.2) is 14.6 Å². The number of rotatable bonds is 5. The molecule has 7 nitrogen and oxygen atoms in total. The van der Waals surface area contributed by atoms with E-state index in [1.807, 2.05) is 20.8 Å². The Hall–Kier alpha value is -2.31. The second kappa shape index (κ2) is 8.87. The number of pyridine rings is 1. The van der Waals surface area contributed by atoms with Crippen molar-refractivity contribution in [1.29, 1.82) is 0 Å². The second-order valence-corrected chi connectivity index (χ2v) is 7.42. The van der Waals surface area contributed by atoms with Crippen molar-refractivity contribution in [1.82, 2.24) is 9.88 Å². The van der Waals surface area contributed by atoms with Gasteiger partial charge in [-0.1, -0.05) is 0 Å². The molecular weight excluding hydrogens is 336 g/mol. The number of ether oxygens (including phenoxy) is 3. The van der Waals surface area contributed by atoms with Gasteiger partial charge in [-0.05, 0) is 52.0 Å². The Morgan fingerprint density at radius 2 is 1.92 bits per heavy atom. The van der Waals surface area contributed by atoms with Gasteiger partial charge in [0.2, 0.25) is 5.88 Å². The van der Waals surface area contributed by atoms with Crippen LogP contribution in [0.5, 0.6) is 5.88 Å². The Balaban J connectivity index is 1.69. The number of amides is 1. The lowest BCUT2D eigenvalue weighted by molar-refractivity contribution is 0.0177. The number of aromatic nitrogens is 1. The van der Waals surface area contributed by atoms with E-state index in [1.54, 1.807) is 17.0 Å². The third kappa shape index (κ3) is 6.20. The lowest BCUT2D eigenvalue weighted by Crippen LogP contribution is -2.41. The van der Waals surface area contributed by atoms with Crippen LogP contribution >= 0.6 is 0 Å². The molecule has 0 aromatic carbocycles. The van der Waals surface area contributed by atoms with Gasteiger partial charge in [0.05, 0.1) is 19.3 Å². The van der Waals surface area contributed by atoms with Crippen molar-refractivity contribution in [3.05, 3.63) is 23.9 Å². The van der Waals surface area contributed by atoms with Crippen LogP contribution in [0, 0.1) is 5.92 Å². The van der Waals surface area contributed by atoms with E-state index in [9.17, 15) is 9.59 Å². The van der Waals surface area contributed by atoms with Crippen molar-refractivity contribution in [2.45, 2.75) is 45.6 Å². The minimum absolute atomic E-state index is 0.234. The van der Waals surface area contributed by atoms with Crippen LogP contribution in [0.3, 0.4) is 0 Å². The summed E-state index contributed by atoms with van der Waals surface area (Å²) in [5.41, 5.74) is -0.0626. The molecular formula is C19H28N2O5. The summed E-state index contributed by atoms with van der Waals surface area (Å²) in [5.74, 6) is 0.590. The zero-order chi connectivity index (χ0) is 19.2. The molecule has 1 amide bonds. The molecule has 0 spiro atoms. The predicted octanol–water partition coefficient (Wildman–Crippen LogP) is 3.28. The summed E-state index contributed by atoms with van der Waals surface area (Å²) < 4.78 is 15.7. The van der Waals surface area contributed by atoms with E-state index in [1.165, 1.54) is 13.3 Å². The monoisotopic (exact) mass is 364 g/mol. The number of hydrogen-bond donors (Lipinski definition) is 0. The molecule has 1 aliphatic rings. The maximum Gasteiger partial charge on any atom is 0.410 e. The molecule has 1 aliphatic heterocycles. The van der Waals surface area contributed by atoms with E-state index >= 15 is 0 Å². The molecule has 2 heterocycles. The summed E-state index contributed by atoms with van der Waals surface area (Å²) in [4.78, 5) is 29.3. The summed E-state index contributed by atoms with van der Waals surface area (Å²) in [6, 6.07) is 3.30. The smallest absolute Gasteiger partial charge is 0.410 e. The van der Waals surface area contributed by atoms with E-state index in [-0.39, 0.29) is 6.09 Å². The zero-order valence-electron chi connectivity index (χ0n) is 16.0. The van der Waals surface area contributed by atoms with Gasteiger partial charge in [-0.3, -0.25) is 0 Å². The van der Waals surface area contributed by atoms with E-state index in [2.05, 4.69) is 9.72 Å². The number of piperidine rings is 1. The molecule has 0 radical (unpaired) electrons. The van der Waals surface area contributed by atoms with Crippen LogP contribution < -0.4 is 4.74 Å². The predicted molar refractivity (Wildman–Crippen MR) is 96.2 cm³/mol. The molecule has 0 bridgehead atoms. The van der Waals surface area contributed by atoms with E-state index < -0.39 is 11.6 Å². The first kappa shape index (κ1) is 20.0.